The first-order valence-corrected chi connectivity index (χ1v) is 6.93. The maximum Gasteiger partial charge on any atom is 0.307 e. The molecule has 1 aromatic carbocycles. The van der Waals surface area contributed by atoms with Gasteiger partial charge in [0.25, 0.3) is 0 Å². The number of benzene rings is 1. The molecule has 1 heterocycles. The maximum atomic E-state index is 11.2. The van der Waals surface area contributed by atoms with Crippen LogP contribution in [0.1, 0.15) is 20.3 Å². The Bertz CT molecular complexity index is 442. The van der Waals surface area contributed by atoms with E-state index in [-0.39, 0.29) is 11.3 Å². The maximum absolute atomic E-state index is 11.2. The number of rotatable bonds is 2. The zero-order valence-corrected chi connectivity index (χ0v) is 12.3. The Balaban J connectivity index is 2.15. The summed E-state index contributed by atoms with van der Waals surface area (Å²) in [5.74, 6) is -0.917. The second-order valence-electron chi connectivity index (χ2n) is 5.57. The summed E-state index contributed by atoms with van der Waals surface area (Å²) in [5, 5.41) is 9.24. The third-order valence-electron chi connectivity index (χ3n) is 3.72. The van der Waals surface area contributed by atoms with E-state index in [0.717, 1.165) is 23.2 Å². The van der Waals surface area contributed by atoms with E-state index >= 15 is 0 Å². The number of nitrogens with zero attached hydrogens (tertiary/aromatic N) is 1. The fraction of sp³-hybridized carbons (Fsp3) is 0.500. The SMILES string of the molecule is CC1(C)CN(c2ccc(Br)cc2)CCC1C(=O)O. The predicted molar refractivity (Wildman–Crippen MR) is 75.9 cm³/mol. The number of hydrogen-bond acceptors (Lipinski definition) is 2. The van der Waals surface area contributed by atoms with Crippen molar-refractivity contribution in [3.05, 3.63) is 28.7 Å². The van der Waals surface area contributed by atoms with Gasteiger partial charge in [0.1, 0.15) is 0 Å². The van der Waals surface area contributed by atoms with Crippen molar-refractivity contribution in [2.75, 3.05) is 18.0 Å². The molecule has 1 unspecified atom stereocenters. The first kappa shape index (κ1) is 13.4. The van der Waals surface area contributed by atoms with E-state index in [1.54, 1.807) is 0 Å². The van der Waals surface area contributed by atoms with Crippen molar-refractivity contribution in [3.8, 4) is 0 Å². The van der Waals surface area contributed by atoms with E-state index in [1.165, 1.54) is 0 Å². The topological polar surface area (TPSA) is 40.5 Å². The zero-order chi connectivity index (χ0) is 13.3. The molecule has 0 aromatic heterocycles. The molecule has 0 spiro atoms. The summed E-state index contributed by atoms with van der Waals surface area (Å²) in [4.78, 5) is 13.5. The van der Waals surface area contributed by atoms with Gasteiger partial charge < -0.3 is 10.0 Å². The van der Waals surface area contributed by atoms with Crippen LogP contribution in [-0.4, -0.2) is 24.2 Å². The van der Waals surface area contributed by atoms with Crippen molar-refractivity contribution < 1.29 is 9.90 Å². The number of anilines is 1. The third-order valence-corrected chi connectivity index (χ3v) is 4.25. The minimum absolute atomic E-state index is 0.197. The molecule has 1 fully saturated rings. The lowest BCUT2D eigenvalue weighted by Gasteiger charge is -2.43. The zero-order valence-electron chi connectivity index (χ0n) is 10.7. The first-order chi connectivity index (χ1) is 8.40. The minimum Gasteiger partial charge on any atom is -0.481 e. The molecule has 1 aliphatic rings. The molecule has 1 aliphatic heterocycles. The number of aliphatic carboxylic acids is 1. The van der Waals surface area contributed by atoms with Gasteiger partial charge in [-0.1, -0.05) is 29.8 Å². The number of carboxylic acids is 1. The lowest BCUT2D eigenvalue weighted by molar-refractivity contribution is -0.146. The average molecular weight is 312 g/mol. The minimum atomic E-state index is -0.671. The molecule has 0 saturated carbocycles. The van der Waals surface area contributed by atoms with Crippen LogP contribution in [0.2, 0.25) is 0 Å². The van der Waals surface area contributed by atoms with Crippen LogP contribution in [-0.2, 0) is 4.79 Å². The molecule has 4 heteroatoms. The summed E-state index contributed by atoms with van der Waals surface area (Å²) in [6.45, 7) is 5.67. The summed E-state index contributed by atoms with van der Waals surface area (Å²) in [7, 11) is 0. The van der Waals surface area contributed by atoms with Gasteiger partial charge in [-0.25, -0.2) is 0 Å². The Kier molecular flexibility index (Phi) is 3.66. The molecular weight excluding hydrogens is 294 g/mol. The smallest absolute Gasteiger partial charge is 0.307 e. The van der Waals surface area contributed by atoms with Crippen molar-refractivity contribution in [1.82, 2.24) is 0 Å². The van der Waals surface area contributed by atoms with E-state index in [1.807, 2.05) is 26.0 Å². The van der Waals surface area contributed by atoms with Gasteiger partial charge in [-0.05, 0) is 36.1 Å². The highest BCUT2D eigenvalue weighted by molar-refractivity contribution is 9.10. The lowest BCUT2D eigenvalue weighted by atomic mass is 9.74. The van der Waals surface area contributed by atoms with Crippen LogP contribution in [0.4, 0.5) is 5.69 Å². The molecule has 98 valence electrons. The summed E-state index contributed by atoms with van der Waals surface area (Å²) >= 11 is 3.42. The van der Waals surface area contributed by atoms with Gasteiger partial charge in [0.15, 0.2) is 0 Å². The fourth-order valence-electron chi connectivity index (χ4n) is 2.69. The summed E-state index contributed by atoms with van der Waals surface area (Å²) in [6.07, 6.45) is 0.707. The van der Waals surface area contributed by atoms with Crippen molar-refractivity contribution >= 4 is 27.6 Å². The van der Waals surface area contributed by atoms with Gasteiger partial charge >= 0.3 is 5.97 Å². The Labute approximate surface area is 116 Å². The summed E-state index contributed by atoms with van der Waals surface area (Å²) in [5.41, 5.74) is 0.965. The van der Waals surface area contributed by atoms with Crippen LogP contribution in [0.3, 0.4) is 0 Å². The first-order valence-electron chi connectivity index (χ1n) is 6.13. The van der Waals surface area contributed by atoms with E-state index in [0.29, 0.717) is 6.42 Å². The normalized spacial score (nSPS) is 22.8. The Hall–Kier alpha value is -1.03. The summed E-state index contributed by atoms with van der Waals surface area (Å²) < 4.78 is 1.06. The standard InChI is InChI=1S/C14H18BrNO2/c1-14(2)9-16(8-7-12(14)13(17)18)11-5-3-10(15)4-6-11/h3-6,12H,7-9H2,1-2H3,(H,17,18). The highest BCUT2D eigenvalue weighted by Crippen LogP contribution is 2.37. The molecule has 3 nitrogen and oxygen atoms in total. The van der Waals surface area contributed by atoms with Gasteiger partial charge in [0.2, 0.25) is 0 Å². The predicted octanol–water partition coefficient (Wildman–Crippen LogP) is 3.39. The molecule has 0 radical (unpaired) electrons. The second kappa shape index (κ2) is 4.92. The molecule has 0 amide bonds. The van der Waals surface area contributed by atoms with Crippen molar-refractivity contribution in [1.29, 1.82) is 0 Å². The van der Waals surface area contributed by atoms with Gasteiger partial charge in [-0.3, -0.25) is 4.79 Å². The number of piperidine rings is 1. The van der Waals surface area contributed by atoms with Gasteiger partial charge in [-0.2, -0.15) is 0 Å². The van der Waals surface area contributed by atoms with Gasteiger partial charge in [-0.15, -0.1) is 0 Å². The fourth-order valence-corrected chi connectivity index (χ4v) is 2.95. The average Bonchev–Trinajstić information content (AvgIpc) is 2.28. The molecule has 1 N–H and O–H groups in total. The molecule has 1 aromatic rings. The highest BCUT2D eigenvalue weighted by atomic mass is 79.9. The number of hydrogen-bond donors (Lipinski definition) is 1. The highest BCUT2D eigenvalue weighted by Gasteiger charge is 2.40. The molecule has 2 rings (SSSR count). The quantitative estimate of drug-likeness (QED) is 0.910. The van der Waals surface area contributed by atoms with Crippen LogP contribution in [0, 0.1) is 11.3 Å². The third kappa shape index (κ3) is 2.69. The van der Waals surface area contributed by atoms with E-state index < -0.39 is 5.97 Å². The Morgan fingerprint density at radius 2 is 2.00 bits per heavy atom. The monoisotopic (exact) mass is 311 g/mol. The van der Waals surface area contributed by atoms with E-state index in [9.17, 15) is 9.90 Å². The Morgan fingerprint density at radius 3 is 2.50 bits per heavy atom. The Morgan fingerprint density at radius 1 is 1.39 bits per heavy atom. The lowest BCUT2D eigenvalue weighted by Crippen LogP contribution is -2.48. The number of halogens is 1. The molecular formula is C14H18BrNO2. The van der Waals surface area contributed by atoms with Crippen LogP contribution in [0.5, 0.6) is 0 Å². The van der Waals surface area contributed by atoms with Gasteiger partial charge in [0.05, 0.1) is 5.92 Å². The van der Waals surface area contributed by atoms with Crippen molar-refractivity contribution in [2.24, 2.45) is 11.3 Å². The number of carbonyl (C=O) groups is 1. The second-order valence-corrected chi connectivity index (χ2v) is 6.48. The summed E-state index contributed by atoms with van der Waals surface area (Å²) in [6, 6.07) is 8.18. The molecule has 1 atom stereocenters. The largest absolute Gasteiger partial charge is 0.481 e. The molecule has 18 heavy (non-hydrogen) atoms. The van der Waals surface area contributed by atoms with Crippen LogP contribution in [0.15, 0.2) is 28.7 Å². The van der Waals surface area contributed by atoms with E-state index in [4.69, 9.17) is 0 Å². The van der Waals surface area contributed by atoms with E-state index in [2.05, 4.69) is 33.0 Å². The molecule has 1 saturated heterocycles. The number of carboxylic acid groups (broad SMARTS) is 1. The van der Waals surface area contributed by atoms with Crippen LogP contribution in [0.25, 0.3) is 0 Å². The van der Waals surface area contributed by atoms with Crippen LogP contribution < -0.4 is 4.90 Å². The van der Waals surface area contributed by atoms with Crippen molar-refractivity contribution in [2.45, 2.75) is 20.3 Å². The van der Waals surface area contributed by atoms with Crippen molar-refractivity contribution in [3.63, 3.8) is 0 Å². The molecule has 0 aliphatic carbocycles. The van der Waals surface area contributed by atoms with Gasteiger partial charge in [0, 0.05) is 23.2 Å². The molecule has 0 bridgehead atoms. The van der Waals surface area contributed by atoms with Crippen LogP contribution >= 0.6 is 15.9 Å².